The molecule has 5 aliphatic rings. The standard InChI is InChI=1S/C31H40N4O3/c1-18(13-22-14-19-7-4-5-9-25(19)34-22)30-12-6-8-21(35-28(32)33-3)17-31(38)26(36)15-24-27(31)23(30)11-10-20(16-30)29(24,2)37/h4-5,7,9,14,20-21,23-24,26-27,34,36-38H,1,10-13,15-17H2,2-3H3,(H3,32,33,35)/t20-,21+,23-,24+,26+,27+,29-,30-,31+/m1/s1. The number of hydrogen-bond donors (Lipinski definition) is 6. The number of nitrogens with zero attached hydrogens (tertiary/aromatic N) is 1. The number of aliphatic hydroxyl groups excluding tert-OH is 1. The SMILES string of the molecule is C=C(Cc1cc2ccccc2[nH]1)[C@]12CC#C[C@H](NC(N)=NC)C[C@@]3(O)[C@H]4[C@H]1CC[C@H](C2)[C@@](C)(O)[C@H]4C[C@@H]3O. The number of aromatic amines is 1. The van der Waals surface area contributed by atoms with Gasteiger partial charge in [-0.05, 0) is 73.8 Å². The average Bonchev–Trinajstić information content (AvgIpc) is 3.37. The Balaban J connectivity index is 1.47. The van der Waals surface area contributed by atoms with Crippen molar-refractivity contribution < 1.29 is 15.3 Å². The number of aliphatic imine (C=N–C) groups is 1. The first-order valence-corrected chi connectivity index (χ1v) is 13.9. The average molecular weight is 517 g/mol. The molecule has 1 aromatic carbocycles. The van der Waals surface area contributed by atoms with Crippen LogP contribution in [0.3, 0.4) is 0 Å². The van der Waals surface area contributed by atoms with E-state index in [0.29, 0.717) is 19.3 Å². The molecule has 5 aliphatic carbocycles. The minimum atomic E-state index is -1.41. The maximum absolute atomic E-state index is 12.4. The summed E-state index contributed by atoms with van der Waals surface area (Å²) in [5.74, 6) is 6.66. The van der Waals surface area contributed by atoms with Crippen LogP contribution in [-0.4, -0.2) is 56.7 Å². The van der Waals surface area contributed by atoms with Crippen LogP contribution in [0, 0.1) is 40.9 Å². The van der Waals surface area contributed by atoms with Crippen molar-refractivity contribution in [2.75, 3.05) is 7.05 Å². The Morgan fingerprint density at radius 3 is 2.79 bits per heavy atom. The molecule has 7 heteroatoms. The van der Waals surface area contributed by atoms with Crippen LogP contribution < -0.4 is 11.1 Å². The van der Waals surface area contributed by atoms with Crippen molar-refractivity contribution >= 4 is 16.9 Å². The lowest BCUT2D eigenvalue weighted by molar-refractivity contribution is -0.122. The van der Waals surface area contributed by atoms with Gasteiger partial charge in [-0.3, -0.25) is 4.99 Å². The van der Waals surface area contributed by atoms with Crippen LogP contribution in [0.15, 0.2) is 47.5 Å². The Labute approximate surface area is 224 Å². The third-order valence-electron chi connectivity index (χ3n) is 10.7. The summed E-state index contributed by atoms with van der Waals surface area (Å²) in [6, 6.07) is 9.99. The molecule has 7 N–H and O–H groups in total. The normalized spacial score (nSPS) is 42.0. The fraction of sp³-hybridized carbons (Fsp3) is 0.581. The molecule has 4 saturated carbocycles. The third kappa shape index (κ3) is 3.72. The van der Waals surface area contributed by atoms with Gasteiger partial charge in [0.2, 0.25) is 0 Å². The monoisotopic (exact) mass is 516 g/mol. The highest BCUT2D eigenvalue weighted by atomic mass is 16.3. The van der Waals surface area contributed by atoms with Gasteiger partial charge in [0.15, 0.2) is 5.96 Å². The van der Waals surface area contributed by atoms with Crippen molar-refractivity contribution in [3.63, 3.8) is 0 Å². The number of H-pyrrole nitrogens is 1. The molecule has 1 aromatic heterocycles. The van der Waals surface area contributed by atoms with Crippen LogP contribution in [0.25, 0.3) is 10.9 Å². The molecule has 2 aromatic rings. The molecule has 0 saturated heterocycles. The fourth-order valence-corrected chi connectivity index (χ4v) is 8.75. The van der Waals surface area contributed by atoms with Crippen LogP contribution >= 0.6 is 0 Å². The number of aliphatic hydroxyl groups is 3. The highest BCUT2D eigenvalue weighted by molar-refractivity contribution is 5.80. The first-order chi connectivity index (χ1) is 18.1. The van der Waals surface area contributed by atoms with E-state index in [2.05, 4.69) is 45.3 Å². The van der Waals surface area contributed by atoms with Crippen molar-refractivity contribution in [2.24, 2.45) is 39.8 Å². The predicted octanol–water partition coefficient (Wildman–Crippen LogP) is 2.86. The summed E-state index contributed by atoms with van der Waals surface area (Å²) in [4.78, 5) is 7.59. The van der Waals surface area contributed by atoms with E-state index in [9.17, 15) is 15.3 Å². The Morgan fingerprint density at radius 1 is 1.24 bits per heavy atom. The Kier molecular flexibility index (Phi) is 5.95. The number of benzene rings is 1. The summed E-state index contributed by atoms with van der Waals surface area (Å²) >= 11 is 0. The second-order valence-electron chi connectivity index (χ2n) is 12.5. The molecule has 7 rings (SSSR count). The van der Waals surface area contributed by atoms with Gasteiger partial charge < -0.3 is 31.4 Å². The van der Waals surface area contributed by atoms with Crippen LogP contribution in [0.5, 0.6) is 0 Å². The number of rotatable bonds is 4. The van der Waals surface area contributed by atoms with Crippen molar-refractivity contribution in [2.45, 2.75) is 75.2 Å². The van der Waals surface area contributed by atoms with E-state index in [1.807, 2.05) is 19.1 Å². The number of guanidine groups is 1. The highest BCUT2D eigenvalue weighted by Crippen LogP contribution is 2.67. The maximum atomic E-state index is 12.4. The zero-order chi connectivity index (χ0) is 26.9. The minimum absolute atomic E-state index is 0.0563. The molecular weight excluding hydrogens is 476 g/mol. The van der Waals surface area contributed by atoms with Crippen molar-refractivity contribution in [3.8, 4) is 11.8 Å². The van der Waals surface area contributed by atoms with Gasteiger partial charge in [0, 0.05) is 42.9 Å². The van der Waals surface area contributed by atoms with Crippen LogP contribution in [0.2, 0.25) is 0 Å². The van der Waals surface area contributed by atoms with Gasteiger partial charge in [-0.15, -0.1) is 5.92 Å². The van der Waals surface area contributed by atoms with Crippen LogP contribution in [0.1, 0.15) is 51.1 Å². The number of hydrogen-bond acceptors (Lipinski definition) is 4. The minimum Gasteiger partial charge on any atom is -0.390 e. The van der Waals surface area contributed by atoms with Gasteiger partial charge in [0.05, 0.1) is 23.3 Å². The number of nitrogens with one attached hydrogen (secondary N) is 2. The van der Waals surface area contributed by atoms with Gasteiger partial charge in [-0.2, -0.15) is 0 Å². The molecule has 0 spiro atoms. The molecule has 0 radical (unpaired) electrons. The van der Waals surface area contributed by atoms with Crippen LogP contribution in [-0.2, 0) is 6.42 Å². The molecule has 4 bridgehead atoms. The van der Waals surface area contributed by atoms with Crippen molar-refractivity contribution in [3.05, 3.63) is 48.2 Å². The van der Waals surface area contributed by atoms with E-state index in [-0.39, 0.29) is 41.5 Å². The number of allylic oxidation sites excluding steroid dienone is 1. The fourth-order valence-electron chi connectivity index (χ4n) is 8.75. The quantitative estimate of drug-likeness (QED) is 0.161. The van der Waals surface area contributed by atoms with Crippen LogP contribution in [0.4, 0.5) is 0 Å². The van der Waals surface area contributed by atoms with Gasteiger partial charge in [-0.25, -0.2) is 0 Å². The smallest absolute Gasteiger partial charge is 0.189 e. The molecule has 0 amide bonds. The van der Waals surface area contributed by atoms with E-state index in [1.54, 1.807) is 7.05 Å². The Morgan fingerprint density at radius 2 is 2.03 bits per heavy atom. The summed E-state index contributed by atoms with van der Waals surface area (Å²) in [6.45, 7) is 6.62. The summed E-state index contributed by atoms with van der Waals surface area (Å²) in [7, 11) is 1.61. The van der Waals surface area contributed by atoms with Crippen molar-refractivity contribution in [1.29, 1.82) is 0 Å². The number of para-hydroxylation sites is 1. The zero-order valence-corrected chi connectivity index (χ0v) is 22.4. The third-order valence-corrected chi connectivity index (χ3v) is 10.7. The summed E-state index contributed by atoms with van der Waals surface area (Å²) in [6.07, 6.45) is 3.49. The molecule has 4 fully saturated rings. The van der Waals surface area contributed by atoms with E-state index in [1.165, 1.54) is 5.39 Å². The first-order valence-electron chi connectivity index (χ1n) is 13.9. The summed E-state index contributed by atoms with van der Waals surface area (Å²) in [5, 5.41) is 40.1. The van der Waals surface area contributed by atoms with Gasteiger partial charge in [0.1, 0.15) is 0 Å². The van der Waals surface area contributed by atoms with E-state index >= 15 is 0 Å². The Hall–Kier alpha value is -2.79. The maximum Gasteiger partial charge on any atom is 0.189 e. The molecule has 0 aliphatic heterocycles. The molecule has 1 heterocycles. The lowest BCUT2D eigenvalue weighted by Gasteiger charge is -2.51. The second kappa shape index (κ2) is 8.87. The predicted molar refractivity (Wildman–Crippen MR) is 149 cm³/mol. The lowest BCUT2D eigenvalue weighted by Crippen LogP contribution is -2.54. The van der Waals surface area contributed by atoms with Gasteiger partial charge in [0.25, 0.3) is 0 Å². The van der Waals surface area contributed by atoms with E-state index < -0.39 is 23.3 Å². The molecule has 38 heavy (non-hydrogen) atoms. The largest absolute Gasteiger partial charge is 0.390 e. The second-order valence-corrected chi connectivity index (χ2v) is 12.5. The molecule has 202 valence electrons. The topological polar surface area (TPSA) is 127 Å². The molecule has 9 atom stereocenters. The van der Waals surface area contributed by atoms with E-state index in [4.69, 9.17) is 12.3 Å². The van der Waals surface area contributed by atoms with Gasteiger partial charge >= 0.3 is 0 Å². The lowest BCUT2D eigenvalue weighted by atomic mass is 9.54. The van der Waals surface area contributed by atoms with Crippen molar-refractivity contribution in [1.82, 2.24) is 10.3 Å². The number of nitrogens with two attached hydrogens (primary N) is 1. The van der Waals surface area contributed by atoms with E-state index in [0.717, 1.165) is 36.0 Å². The number of fused-ring (bicyclic) bond motifs is 2. The number of aromatic nitrogens is 1. The molecule has 0 unspecified atom stereocenters. The summed E-state index contributed by atoms with van der Waals surface area (Å²) in [5.41, 5.74) is 6.52. The Bertz CT molecular complexity index is 1320. The first kappa shape index (κ1) is 25.5. The zero-order valence-electron chi connectivity index (χ0n) is 22.4. The molecular formula is C31H40N4O3. The van der Waals surface area contributed by atoms with Gasteiger partial charge in [-0.1, -0.05) is 36.3 Å². The summed E-state index contributed by atoms with van der Waals surface area (Å²) < 4.78 is 0. The highest BCUT2D eigenvalue weighted by Gasteiger charge is 2.69. The molecule has 7 nitrogen and oxygen atoms in total.